The molecule has 0 amide bonds. The molecule has 0 radical (unpaired) electrons. The maximum absolute atomic E-state index is 13.3. The Hall–Kier alpha value is -2.53. The van der Waals surface area contributed by atoms with Gasteiger partial charge in [-0.3, -0.25) is 9.67 Å². The molecule has 122 valence electrons. The first-order valence-corrected chi connectivity index (χ1v) is 8.06. The fourth-order valence-electron chi connectivity index (χ4n) is 3.31. The molecule has 1 aliphatic rings. The van der Waals surface area contributed by atoms with Crippen LogP contribution >= 0.6 is 0 Å². The van der Waals surface area contributed by atoms with Crippen molar-refractivity contribution in [3.8, 4) is 22.4 Å². The Morgan fingerprint density at radius 3 is 2.46 bits per heavy atom. The van der Waals surface area contributed by atoms with E-state index >= 15 is 0 Å². The molecule has 3 heterocycles. The second-order valence-electron chi connectivity index (χ2n) is 6.74. The van der Waals surface area contributed by atoms with Crippen LogP contribution in [0.4, 0.5) is 4.39 Å². The summed E-state index contributed by atoms with van der Waals surface area (Å²) in [5.74, 6) is -0.241. The first-order chi connectivity index (χ1) is 11.6. The molecular formula is C19H19FN4. The van der Waals surface area contributed by atoms with Gasteiger partial charge in [-0.05, 0) is 55.8 Å². The summed E-state index contributed by atoms with van der Waals surface area (Å²) in [6.45, 7) is 5.95. The molecule has 0 unspecified atom stereocenters. The number of hydrogen-bond donors (Lipinski definition) is 1. The highest BCUT2D eigenvalue weighted by Crippen LogP contribution is 2.37. The Balaban J connectivity index is 1.99. The molecule has 4 nitrogen and oxygen atoms in total. The average Bonchev–Trinajstić information content (AvgIpc) is 2.97. The van der Waals surface area contributed by atoms with E-state index in [1.54, 1.807) is 24.5 Å². The average molecular weight is 322 g/mol. The summed E-state index contributed by atoms with van der Waals surface area (Å²) in [5, 5.41) is 8.39. The summed E-state index contributed by atoms with van der Waals surface area (Å²) in [4.78, 5) is 4.12. The van der Waals surface area contributed by atoms with E-state index in [2.05, 4.69) is 28.8 Å². The number of aromatic nitrogens is 3. The first kappa shape index (κ1) is 15.0. The molecule has 2 aromatic heterocycles. The largest absolute Gasteiger partial charge is 0.309 e. The molecule has 0 saturated heterocycles. The van der Waals surface area contributed by atoms with Crippen molar-refractivity contribution in [3.05, 3.63) is 60.3 Å². The summed E-state index contributed by atoms with van der Waals surface area (Å²) >= 11 is 0. The van der Waals surface area contributed by atoms with Crippen LogP contribution in [-0.4, -0.2) is 21.3 Å². The molecule has 4 rings (SSSR count). The smallest absolute Gasteiger partial charge is 0.123 e. The van der Waals surface area contributed by atoms with Gasteiger partial charge in [-0.15, -0.1) is 0 Å². The highest BCUT2D eigenvalue weighted by atomic mass is 19.1. The van der Waals surface area contributed by atoms with E-state index < -0.39 is 0 Å². The molecule has 3 aromatic rings. The van der Waals surface area contributed by atoms with E-state index in [0.717, 1.165) is 41.2 Å². The van der Waals surface area contributed by atoms with Gasteiger partial charge in [0.25, 0.3) is 0 Å². The third-order valence-electron chi connectivity index (χ3n) is 4.49. The highest BCUT2D eigenvalue weighted by Gasteiger charge is 2.32. The number of pyridine rings is 1. The van der Waals surface area contributed by atoms with Crippen LogP contribution in [0.25, 0.3) is 22.4 Å². The number of nitrogens with one attached hydrogen (secondary N) is 1. The molecule has 0 fully saturated rings. The number of nitrogens with zero attached hydrogens (tertiary/aromatic N) is 3. The molecule has 24 heavy (non-hydrogen) atoms. The lowest BCUT2D eigenvalue weighted by atomic mass is 9.97. The van der Waals surface area contributed by atoms with Gasteiger partial charge in [0.1, 0.15) is 11.5 Å². The molecule has 0 aliphatic carbocycles. The molecule has 1 aromatic carbocycles. The zero-order chi connectivity index (χ0) is 16.7. The van der Waals surface area contributed by atoms with Crippen LogP contribution in [0.15, 0.2) is 48.8 Å². The molecule has 0 atom stereocenters. The van der Waals surface area contributed by atoms with E-state index in [1.807, 2.05) is 12.1 Å². The summed E-state index contributed by atoms with van der Waals surface area (Å²) in [5.41, 5.74) is 4.99. The maximum atomic E-state index is 13.3. The molecule has 0 bridgehead atoms. The standard InChI is InChI=1S/C19H19FN4/c1-19(2)12-22-11-16-17(13-7-9-21-10-8-13)18(23-24(16)19)14-3-5-15(20)6-4-14/h3-10,22H,11-12H2,1-2H3. The number of hydrogen-bond acceptors (Lipinski definition) is 3. The molecular weight excluding hydrogens is 303 g/mol. The van der Waals surface area contributed by atoms with Crippen molar-refractivity contribution in [2.24, 2.45) is 0 Å². The van der Waals surface area contributed by atoms with Crippen molar-refractivity contribution in [2.45, 2.75) is 25.9 Å². The van der Waals surface area contributed by atoms with Gasteiger partial charge in [0.2, 0.25) is 0 Å². The molecule has 0 spiro atoms. The van der Waals surface area contributed by atoms with Crippen molar-refractivity contribution in [3.63, 3.8) is 0 Å². The monoisotopic (exact) mass is 322 g/mol. The second kappa shape index (κ2) is 5.53. The first-order valence-electron chi connectivity index (χ1n) is 8.06. The van der Waals surface area contributed by atoms with Gasteiger partial charge >= 0.3 is 0 Å². The Labute approximate surface area is 140 Å². The van der Waals surface area contributed by atoms with Crippen LogP contribution in [0.1, 0.15) is 19.5 Å². The second-order valence-corrected chi connectivity index (χ2v) is 6.74. The van der Waals surface area contributed by atoms with Crippen LogP contribution in [0.2, 0.25) is 0 Å². The third-order valence-corrected chi connectivity index (χ3v) is 4.49. The van der Waals surface area contributed by atoms with E-state index in [4.69, 9.17) is 5.10 Å². The highest BCUT2D eigenvalue weighted by molar-refractivity contribution is 5.82. The van der Waals surface area contributed by atoms with Gasteiger partial charge in [-0.25, -0.2) is 4.39 Å². The van der Waals surface area contributed by atoms with Crippen LogP contribution in [0.5, 0.6) is 0 Å². The quantitative estimate of drug-likeness (QED) is 0.784. The van der Waals surface area contributed by atoms with E-state index in [0.29, 0.717) is 0 Å². The minimum Gasteiger partial charge on any atom is -0.309 e. The molecule has 1 aliphatic heterocycles. The Bertz CT molecular complexity index is 866. The number of fused-ring (bicyclic) bond motifs is 1. The number of rotatable bonds is 2. The van der Waals surface area contributed by atoms with Crippen LogP contribution in [0.3, 0.4) is 0 Å². The van der Waals surface area contributed by atoms with Crippen molar-refractivity contribution in [2.75, 3.05) is 6.54 Å². The van der Waals surface area contributed by atoms with Crippen molar-refractivity contribution >= 4 is 0 Å². The SMILES string of the molecule is CC1(C)CNCc2c(-c3ccncc3)c(-c3ccc(F)cc3)nn21. The molecule has 5 heteroatoms. The van der Waals surface area contributed by atoms with E-state index in [9.17, 15) is 4.39 Å². The van der Waals surface area contributed by atoms with E-state index in [1.165, 1.54) is 12.1 Å². The summed E-state index contributed by atoms with van der Waals surface area (Å²) in [7, 11) is 0. The normalized spacial score (nSPS) is 16.0. The molecule has 1 N–H and O–H groups in total. The maximum Gasteiger partial charge on any atom is 0.123 e. The summed E-state index contributed by atoms with van der Waals surface area (Å²) in [6, 6.07) is 10.5. The third kappa shape index (κ3) is 2.41. The van der Waals surface area contributed by atoms with Crippen LogP contribution < -0.4 is 5.32 Å². The predicted octanol–water partition coefficient (Wildman–Crippen LogP) is 3.59. The Morgan fingerprint density at radius 1 is 1.04 bits per heavy atom. The fraction of sp³-hybridized carbons (Fsp3) is 0.263. The zero-order valence-electron chi connectivity index (χ0n) is 13.8. The number of halogens is 1. The zero-order valence-corrected chi connectivity index (χ0v) is 13.8. The van der Waals surface area contributed by atoms with Crippen LogP contribution in [-0.2, 0) is 12.1 Å². The minimum atomic E-state index is -0.241. The lowest BCUT2D eigenvalue weighted by Gasteiger charge is -2.32. The predicted molar refractivity (Wildman–Crippen MR) is 91.9 cm³/mol. The van der Waals surface area contributed by atoms with Gasteiger partial charge in [0, 0.05) is 36.6 Å². The fourth-order valence-corrected chi connectivity index (χ4v) is 3.31. The Morgan fingerprint density at radius 2 is 1.75 bits per heavy atom. The minimum absolute atomic E-state index is 0.117. The lowest BCUT2D eigenvalue weighted by molar-refractivity contribution is 0.261. The van der Waals surface area contributed by atoms with Gasteiger partial charge in [0.15, 0.2) is 0 Å². The molecule has 0 saturated carbocycles. The van der Waals surface area contributed by atoms with Gasteiger partial charge in [-0.1, -0.05) is 0 Å². The van der Waals surface area contributed by atoms with Gasteiger partial charge in [-0.2, -0.15) is 5.10 Å². The summed E-state index contributed by atoms with van der Waals surface area (Å²) in [6.07, 6.45) is 3.57. The van der Waals surface area contributed by atoms with E-state index in [-0.39, 0.29) is 11.4 Å². The number of benzene rings is 1. The van der Waals surface area contributed by atoms with Crippen LogP contribution in [0, 0.1) is 5.82 Å². The Kier molecular flexibility index (Phi) is 3.46. The topological polar surface area (TPSA) is 42.7 Å². The van der Waals surface area contributed by atoms with Crippen molar-refractivity contribution in [1.29, 1.82) is 0 Å². The lowest BCUT2D eigenvalue weighted by Crippen LogP contribution is -2.44. The summed E-state index contributed by atoms with van der Waals surface area (Å²) < 4.78 is 15.4. The van der Waals surface area contributed by atoms with Crippen molar-refractivity contribution in [1.82, 2.24) is 20.1 Å². The van der Waals surface area contributed by atoms with Gasteiger partial charge < -0.3 is 5.32 Å². The van der Waals surface area contributed by atoms with Gasteiger partial charge in [0.05, 0.1) is 11.2 Å². The van der Waals surface area contributed by atoms with Crippen molar-refractivity contribution < 1.29 is 4.39 Å².